The number of carbonyl (C=O) groups is 1. The van der Waals surface area contributed by atoms with Gasteiger partial charge in [0.1, 0.15) is 0 Å². The van der Waals surface area contributed by atoms with Crippen LogP contribution in [-0.2, 0) is 0 Å². The Morgan fingerprint density at radius 3 is 2.32 bits per heavy atom. The van der Waals surface area contributed by atoms with Gasteiger partial charge in [-0.2, -0.15) is 0 Å². The van der Waals surface area contributed by atoms with Gasteiger partial charge in [-0.1, -0.05) is 51.9 Å². The standard InChI is InChI=1S/C15H24BrNO2/c1-2-3-4-5-6-7-8-9-12-17-15(18)13-10-11-14(16)19-13/h10-11H,2-9,12H2,1H3,(H,17,18). The Morgan fingerprint density at radius 1 is 1.11 bits per heavy atom. The summed E-state index contributed by atoms with van der Waals surface area (Å²) in [5.74, 6) is 0.236. The molecule has 19 heavy (non-hydrogen) atoms. The fourth-order valence-electron chi connectivity index (χ4n) is 1.98. The number of unbranched alkanes of at least 4 members (excludes halogenated alkanes) is 7. The van der Waals surface area contributed by atoms with E-state index in [0.717, 1.165) is 13.0 Å². The zero-order valence-corrected chi connectivity index (χ0v) is 13.3. The Morgan fingerprint density at radius 2 is 1.74 bits per heavy atom. The minimum atomic E-state index is -0.131. The van der Waals surface area contributed by atoms with E-state index in [1.807, 2.05) is 0 Å². The van der Waals surface area contributed by atoms with Crippen LogP contribution < -0.4 is 5.32 Å². The van der Waals surface area contributed by atoms with E-state index in [2.05, 4.69) is 28.2 Å². The van der Waals surface area contributed by atoms with Crippen LogP contribution in [0.25, 0.3) is 0 Å². The van der Waals surface area contributed by atoms with Crippen molar-refractivity contribution in [1.82, 2.24) is 5.32 Å². The van der Waals surface area contributed by atoms with Crippen molar-refractivity contribution >= 4 is 21.8 Å². The molecule has 0 atom stereocenters. The van der Waals surface area contributed by atoms with Crippen molar-refractivity contribution in [2.24, 2.45) is 0 Å². The Bertz CT molecular complexity index is 363. The molecule has 0 unspecified atom stereocenters. The summed E-state index contributed by atoms with van der Waals surface area (Å²) in [7, 11) is 0. The highest BCUT2D eigenvalue weighted by Gasteiger charge is 2.08. The van der Waals surface area contributed by atoms with Crippen molar-refractivity contribution < 1.29 is 9.21 Å². The summed E-state index contributed by atoms with van der Waals surface area (Å²) >= 11 is 3.18. The van der Waals surface area contributed by atoms with Gasteiger partial charge in [-0.25, -0.2) is 0 Å². The molecule has 0 bridgehead atoms. The van der Waals surface area contributed by atoms with Gasteiger partial charge in [0.25, 0.3) is 5.91 Å². The van der Waals surface area contributed by atoms with Crippen molar-refractivity contribution in [3.05, 3.63) is 22.6 Å². The minimum Gasteiger partial charge on any atom is -0.444 e. The van der Waals surface area contributed by atoms with Crippen LogP contribution in [0.15, 0.2) is 21.2 Å². The third-order valence-corrected chi connectivity index (χ3v) is 3.54. The normalized spacial score (nSPS) is 10.6. The Hall–Kier alpha value is -0.770. The Labute approximate surface area is 124 Å². The molecule has 4 heteroatoms. The molecule has 0 aliphatic heterocycles. The van der Waals surface area contributed by atoms with Crippen LogP contribution in [0.2, 0.25) is 0 Å². The molecule has 1 aromatic heterocycles. The number of nitrogens with one attached hydrogen (secondary N) is 1. The summed E-state index contributed by atoms with van der Waals surface area (Å²) in [4.78, 5) is 11.6. The number of amides is 1. The van der Waals surface area contributed by atoms with E-state index >= 15 is 0 Å². The van der Waals surface area contributed by atoms with Crippen molar-refractivity contribution in [2.75, 3.05) is 6.54 Å². The van der Waals surface area contributed by atoms with Crippen LogP contribution in [-0.4, -0.2) is 12.5 Å². The summed E-state index contributed by atoms with van der Waals surface area (Å²) in [6, 6.07) is 3.40. The number of hydrogen-bond donors (Lipinski definition) is 1. The van der Waals surface area contributed by atoms with Gasteiger partial charge in [0.15, 0.2) is 10.4 Å². The van der Waals surface area contributed by atoms with Crippen LogP contribution in [0.4, 0.5) is 0 Å². The lowest BCUT2D eigenvalue weighted by Crippen LogP contribution is -2.23. The molecule has 1 aromatic rings. The molecule has 1 heterocycles. The maximum Gasteiger partial charge on any atom is 0.287 e. The molecule has 0 aromatic carbocycles. The van der Waals surface area contributed by atoms with E-state index in [1.54, 1.807) is 12.1 Å². The average molecular weight is 330 g/mol. The highest BCUT2D eigenvalue weighted by Crippen LogP contribution is 2.13. The summed E-state index contributed by atoms with van der Waals surface area (Å²) in [5.41, 5.74) is 0. The predicted octanol–water partition coefficient (Wildman–Crippen LogP) is 4.91. The first-order valence-corrected chi connectivity index (χ1v) is 8.07. The topological polar surface area (TPSA) is 42.2 Å². The second-order valence-electron chi connectivity index (χ2n) is 4.83. The second kappa shape index (κ2) is 10.1. The Kier molecular flexibility index (Phi) is 8.63. The highest BCUT2D eigenvalue weighted by molar-refractivity contribution is 9.10. The van der Waals surface area contributed by atoms with E-state index in [4.69, 9.17) is 4.42 Å². The third kappa shape index (κ3) is 7.41. The van der Waals surface area contributed by atoms with Crippen LogP contribution >= 0.6 is 15.9 Å². The smallest absolute Gasteiger partial charge is 0.287 e. The zero-order chi connectivity index (χ0) is 13.9. The summed E-state index contributed by atoms with van der Waals surface area (Å²) in [5, 5.41) is 2.87. The molecule has 1 amide bonds. The Balaban J connectivity index is 1.95. The molecule has 3 nitrogen and oxygen atoms in total. The maximum absolute atomic E-state index is 11.6. The third-order valence-electron chi connectivity index (χ3n) is 3.11. The number of halogens is 1. The van der Waals surface area contributed by atoms with Crippen molar-refractivity contribution in [3.63, 3.8) is 0 Å². The molecule has 0 radical (unpaired) electrons. The molecule has 1 N–H and O–H groups in total. The van der Waals surface area contributed by atoms with Crippen molar-refractivity contribution in [2.45, 2.75) is 58.3 Å². The number of furan rings is 1. The van der Waals surface area contributed by atoms with Gasteiger partial charge in [0, 0.05) is 6.54 Å². The molecule has 0 spiro atoms. The molecule has 108 valence electrons. The van der Waals surface area contributed by atoms with E-state index < -0.39 is 0 Å². The monoisotopic (exact) mass is 329 g/mol. The highest BCUT2D eigenvalue weighted by atomic mass is 79.9. The molecular weight excluding hydrogens is 306 g/mol. The van der Waals surface area contributed by atoms with Gasteiger partial charge >= 0.3 is 0 Å². The fourth-order valence-corrected chi connectivity index (χ4v) is 2.29. The van der Waals surface area contributed by atoms with Crippen LogP contribution in [0.5, 0.6) is 0 Å². The van der Waals surface area contributed by atoms with Crippen LogP contribution in [0, 0.1) is 0 Å². The molecule has 0 aliphatic carbocycles. The SMILES string of the molecule is CCCCCCCCCCNC(=O)c1ccc(Br)o1. The van der Waals surface area contributed by atoms with Gasteiger partial charge in [0.05, 0.1) is 0 Å². The first kappa shape index (κ1) is 16.3. The van der Waals surface area contributed by atoms with E-state index in [0.29, 0.717) is 10.4 Å². The largest absolute Gasteiger partial charge is 0.444 e. The zero-order valence-electron chi connectivity index (χ0n) is 11.7. The van der Waals surface area contributed by atoms with E-state index in [-0.39, 0.29) is 5.91 Å². The molecule has 0 saturated heterocycles. The lowest BCUT2D eigenvalue weighted by Gasteiger charge is -2.03. The molecule has 0 fully saturated rings. The summed E-state index contributed by atoms with van der Waals surface area (Å²) in [6.45, 7) is 2.96. The predicted molar refractivity (Wildman–Crippen MR) is 81.4 cm³/mol. The number of carbonyl (C=O) groups excluding carboxylic acids is 1. The van der Waals surface area contributed by atoms with Gasteiger partial charge in [-0.3, -0.25) is 4.79 Å². The molecule has 0 aliphatic rings. The molecule has 0 saturated carbocycles. The lowest BCUT2D eigenvalue weighted by molar-refractivity contribution is 0.0924. The van der Waals surface area contributed by atoms with E-state index in [9.17, 15) is 4.79 Å². The lowest BCUT2D eigenvalue weighted by atomic mass is 10.1. The first-order chi connectivity index (χ1) is 9.24. The quantitative estimate of drug-likeness (QED) is 0.619. The van der Waals surface area contributed by atoms with Gasteiger partial charge in [-0.15, -0.1) is 0 Å². The summed E-state index contributed by atoms with van der Waals surface area (Å²) < 4.78 is 5.77. The average Bonchev–Trinajstić information content (AvgIpc) is 2.83. The first-order valence-electron chi connectivity index (χ1n) is 7.27. The maximum atomic E-state index is 11.6. The second-order valence-corrected chi connectivity index (χ2v) is 5.62. The van der Waals surface area contributed by atoms with Gasteiger partial charge < -0.3 is 9.73 Å². The van der Waals surface area contributed by atoms with E-state index in [1.165, 1.54) is 44.9 Å². The molecular formula is C15H24BrNO2. The fraction of sp³-hybridized carbons (Fsp3) is 0.667. The van der Waals surface area contributed by atoms with Crippen LogP contribution in [0.3, 0.4) is 0 Å². The van der Waals surface area contributed by atoms with Gasteiger partial charge in [0.2, 0.25) is 0 Å². The van der Waals surface area contributed by atoms with Crippen molar-refractivity contribution in [1.29, 1.82) is 0 Å². The van der Waals surface area contributed by atoms with Crippen molar-refractivity contribution in [3.8, 4) is 0 Å². The minimum absolute atomic E-state index is 0.131. The molecule has 1 rings (SSSR count). The summed E-state index contributed by atoms with van der Waals surface area (Å²) in [6.07, 6.45) is 10.2. The van der Waals surface area contributed by atoms with Gasteiger partial charge in [-0.05, 0) is 34.5 Å². The number of rotatable bonds is 10. The van der Waals surface area contributed by atoms with Crippen LogP contribution in [0.1, 0.15) is 68.8 Å². The number of hydrogen-bond acceptors (Lipinski definition) is 2.